The lowest BCUT2D eigenvalue weighted by molar-refractivity contribution is 0.194. The molecule has 0 spiro atoms. The summed E-state index contributed by atoms with van der Waals surface area (Å²) < 4.78 is 0. The van der Waals surface area contributed by atoms with Gasteiger partial charge in [0.05, 0.1) is 0 Å². The number of rotatable bonds is 13. The molecule has 3 heteroatoms. The lowest BCUT2D eigenvalue weighted by atomic mass is 10.1. The Hall–Kier alpha value is -0.730. The fraction of sp³-hybridized carbons (Fsp3) is 0.933. The number of hydrogen-bond donors (Lipinski definition) is 2. The van der Waals surface area contributed by atoms with Gasteiger partial charge in [0.25, 0.3) is 0 Å². The molecule has 0 aliphatic rings. The Morgan fingerprint density at radius 1 is 0.778 bits per heavy atom. The van der Waals surface area contributed by atoms with Gasteiger partial charge in [-0.3, -0.25) is 0 Å². The van der Waals surface area contributed by atoms with Crippen LogP contribution in [0.2, 0.25) is 0 Å². The van der Waals surface area contributed by atoms with Gasteiger partial charge < -0.3 is 10.4 Å². The van der Waals surface area contributed by atoms with Crippen LogP contribution in [-0.2, 0) is 0 Å². The number of hydrogen-bond acceptors (Lipinski definition) is 1. The van der Waals surface area contributed by atoms with E-state index in [-0.39, 0.29) is 0 Å². The molecular weight excluding hydrogens is 226 g/mol. The van der Waals surface area contributed by atoms with Crippen LogP contribution in [0.5, 0.6) is 0 Å². The summed E-state index contributed by atoms with van der Waals surface area (Å²) in [5.74, 6) is 0. The highest BCUT2D eigenvalue weighted by atomic mass is 16.4. The summed E-state index contributed by atoms with van der Waals surface area (Å²) in [5, 5.41) is 10.8. The van der Waals surface area contributed by atoms with Crippen molar-refractivity contribution in [3.8, 4) is 0 Å². The second-order valence-electron chi connectivity index (χ2n) is 5.12. The summed E-state index contributed by atoms with van der Waals surface area (Å²) in [6.07, 6.45) is 14.8. The van der Waals surface area contributed by atoms with Crippen molar-refractivity contribution in [3.05, 3.63) is 0 Å². The van der Waals surface area contributed by atoms with Crippen molar-refractivity contribution in [2.75, 3.05) is 6.54 Å². The molecule has 0 aliphatic carbocycles. The Bertz CT molecular complexity index is 183. The van der Waals surface area contributed by atoms with Crippen molar-refractivity contribution in [2.45, 2.75) is 84.0 Å². The van der Waals surface area contributed by atoms with E-state index in [4.69, 9.17) is 5.11 Å². The van der Waals surface area contributed by atoms with Crippen molar-refractivity contribution in [1.29, 1.82) is 0 Å². The van der Waals surface area contributed by atoms with E-state index in [1.54, 1.807) is 0 Å². The number of unbranched alkanes of at least 4 members (excludes halogenated alkanes) is 11. The van der Waals surface area contributed by atoms with Crippen LogP contribution in [0.4, 0.5) is 4.79 Å². The first-order chi connectivity index (χ1) is 8.77. The number of nitrogens with one attached hydrogen (secondary N) is 1. The average Bonchev–Trinajstić information content (AvgIpc) is 2.34. The van der Waals surface area contributed by atoms with Crippen LogP contribution >= 0.6 is 0 Å². The Kier molecular flexibility index (Phi) is 13.8. The highest BCUT2D eigenvalue weighted by molar-refractivity contribution is 5.64. The van der Waals surface area contributed by atoms with Crippen molar-refractivity contribution in [1.82, 2.24) is 5.32 Å². The number of carbonyl (C=O) groups is 1. The maximum Gasteiger partial charge on any atom is 0.404 e. The molecule has 0 unspecified atom stereocenters. The molecule has 0 aromatic carbocycles. The van der Waals surface area contributed by atoms with E-state index < -0.39 is 6.09 Å². The van der Waals surface area contributed by atoms with Crippen molar-refractivity contribution < 1.29 is 9.90 Å². The molecule has 3 nitrogen and oxygen atoms in total. The SMILES string of the molecule is CCCCCCCCCCCCCCNC(=O)O. The lowest BCUT2D eigenvalue weighted by Gasteiger charge is -2.03. The van der Waals surface area contributed by atoms with Gasteiger partial charge in [-0.2, -0.15) is 0 Å². The van der Waals surface area contributed by atoms with Crippen LogP contribution in [0, 0.1) is 0 Å². The topological polar surface area (TPSA) is 49.3 Å². The van der Waals surface area contributed by atoms with Gasteiger partial charge >= 0.3 is 6.09 Å². The van der Waals surface area contributed by atoms with Gasteiger partial charge in [-0.25, -0.2) is 4.79 Å². The molecule has 0 radical (unpaired) electrons. The quantitative estimate of drug-likeness (QED) is 0.458. The average molecular weight is 257 g/mol. The predicted octanol–water partition coefficient (Wildman–Crippen LogP) is 4.96. The molecule has 0 aromatic heterocycles. The molecule has 18 heavy (non-hydrogen) atoms. The van der Waals surface area contributed by atoms with E-state index in [2.05, 4.69) is 12.2 Å². The third kappa shape index (κ3) is 15.3. The van der Waals surface area contributed by atoms with Crippen molar-refractivity contribution in [3.63, 3.8) is 0 Å². The van der Waals surface area contributed by atoms with Gasteiger partial charge in [-0.15, -0.1) is 0 Å². The third-order valence-corrected chi connectivity index (χ3v) is 3.31. The first kappa shape index (κ1) is 17.3. The fourth-order valence-corrected chi connectivity index (χ4v) is 2.16. The Labute approximate surface area is 112 Å². The summed E-state index contributed by atoms with van der Waals surface area (Å²) in [7, 11) is 0. The number of carboxylic acid groups (broad SMARTS) is 1. The second kappa shape index (κ2) is 14.3. The van der Waals surface area contributed by atoms with Crippen LogP contribution in [0.3, 0.4) is 0 Å². The fourth-order valence-electron chi connectivity index (χ4n) is 2.16. The van der Waals surface area contributed by atoms with Crippen LogP contribution in [0.25, 0.3) is 0 Å². The molecule has 0 aromatic rings. The molecule has 0 bridgehead atoms. The van der Waals surface area contributed by atoms with Gasteiger partial charge in [-0.05, 0) is 6.42 Å². The summed E-state index contributed by atoms with van der Waals surface area (Å²) in [6.45, 7) is 2.86. The molecule has 0 heterocycles. The molecule has 2 N–H and O–H groups in total. The first-order valence-electron chi connectivity index (χ1n) is 7.74. The minimum atomic E-state index is -0.905. The normalized spacial score (nSPS) is 10.5. The van der Waals surface area contributed by atoms with E-state index in [1.807, 2.05) is 0 Å². The van der Waals surface area contributed by atoms with E-state index in [9.17, 15) is 4.79 Å². The van der Waals surface area contributed by atoms with Crippen molar-refractivity contribution >= 4 is 6.09 Å². The Morgan fingerprint density at radius 3 is 1.56 bits per heavy atom. The van der Waals surface area contributed by atoms with Crippen LogP contribution in [0.1, 0.15) is 84.0 Å². The molecule has 1 amide bonds. The molecule has 0 saturated heterocycles. The summed E-state index contributed by atoms with van der Waals surface area (Å²) in [4.78, 5) is 10.2. The van der Waals surface area contributed by atoms with Gasteiger partial charge in [0, 0.05) is 6.54 Å². The zero-order valence-electron chi connectivity index (χ0n) is 12.0. The van der Waals surface area contributed by atoms with Crippen LogP contribution in [0.15, 0.2) is 0 Å². The van der Waals surface area contributed by atoms with Gasteiger partial charge in [-0.1, -0.05) is 77.6 Å². The smallest absolute Gasteiger partial charge is 0.404 e. The molecule has 0 rings (SSSR count). The largest absolute Gasteiger partial charge is 0.465 e. The first-order valence-corrected chi connectivity index (χ1v) is 7.74. The zero-order chi connectivity index (χ0) is 13.5. The van der Waals surface area contributed by atoms with Gasteiger partial charge in [0.1, 0.15) is 0 Å². The molecular formula is C15H31NO2. The van der Waals surface area contributed by atoms with E-state index >= 15 is 0 Å². The lowest BCUT2D eigenvalue weighted by Crippen LogP contribution is -2.21. The molecule has 0 fully saturated rings. The summed E-state index contributed by atoms with van der Waals surface area (Å²) in [6, 6.07) is 0. The summed E-state index contributed by atoms with van der Waals surface area (Å²) in [5.41, 5.74) is 0. The molecule has 0 aliphatic heterocycles. The minimum Gasteiger partial charge on any atom is -0.465 e. The third-order valence-electron chi connectivity index (χ3n) is 3.31. The second-order valence-corrected chi connectivity index (χ2v) is 5.12. The standard InChI is InChI=1S/C15H31NO2/c1-2-3-4-5-6-7-8-9-10-11-12-13-14-16-15(17)18/h16H,2-14H2,1H3,(H,17,18). The molecule has 0 atom stereocenters. The predicted molar refractivity (Wildman–Crippen MR) is 77.1 cm³/mol. The maximum absolute atomic E-state index is 10.2. The van der Waals surface area contributed by atoms with Gasteiger partial charge in [0.2, 0.25) is 0 Å². The van der Waals surface area contributed by atoms with E-state index in [1.165, 1.54) is 64.2 Å². The minimum absolute atomic E-state index is 0.604. The maximum atomic E-state index is 10.2. The van der Waals surface area contributed by atoms with E-state index in [0.29, 0.717) is 6.54 Å². The molecule has 0 saturated carbocycles. The van der Waals surface area contributed by atoms with Gasteiger partial charge in [0.15, 0.2) is 0 Å². The monoisotopic (exact) mass is 257 g/mol. The van der Waals surface area contributed by atoms with Crippen LogP contribution < -0.4 is 5.32 Å². The highest BCUT2D eigenvalue weighted by Crippen LogP contribution is 2.11. The van der Waals surface area contributed by atoms with Crippen LogP contribution in [-0.4, -0.2) is 17.7 Å². The zero-order valence-corrected chi connectivity index (χ0v) is 12.0. The molecule has 108 valence electrons. The Balaban J connectivity index is 2.92. The summed E-state index contributed by atoms with van der Waals surface area (Å²) >= 11 is 0. The van der Waals surface area contributed by atoms with E-state index in [0.717, 1.165) is 12.8 Å². The highest BCUT2D eigenvalue weighted by Gasteiger charge is 1.95. The van der Waals surface area contributed by atoms with Crippen molar-refractivity contribution in [2.24, 2.45) is 0 Å². The number of amides is 1. The Morgan fingerprint density at radius 2 is 1.17 bits per heavy atom.